The molecule has 120 valence electrons. The van der Waals surface area contributed by atoms with Gasteiger partial charge >= 0.3 is 0 Å². The van der Waals surface area contributed by atoms with Crippen LogP contribution in [-0.4, -0.2) is 36.0 Å². The number of hydrogen-bond acceptors (Lipinski definition) is 4. The van der Waals surface area contributed by atoms with Gasteiger partial charge in [-0.15, -0.1) is 0 Å². The Kier molecular flexibility index (Phi) is 4.62. The first kappa shape index (κ1) is 15.3. The van der Waals surface area contributed by atoms with Crippen molar-refractivity contribution in [2.45, 2.75) is 57.5 Å². The predicted octanol–water partition coefficient (Wildman–Crippen LogP) is 2.09. The lowest BCUT2D eigenvalue weighted by atomic mass is 10.0. The number of nitrogens with one attached hydrogen (secondary N) is 1. The summed E-state index contributed by atoms with van der Waals surface area (Å²) >= 11 is 0. The summed E-state index contributed by atoms with van der Waals surface area (Å²) in [5.41, 5.74) is -0.190. The normalized spacial score (nSPS) is 23.6. The Hall–Kier alpha value is -1.62. The highest BCUT2D eigenvalue weighted by atomic mass is 16.3. The van der Waals surface area contributed by atoms with Crippen LogP contribution in [0.25, 0.3) is 0 Å². The molecule has 1 aromatic rings. The molecule has 5 heteroatoms. The summed E-state index contributed by atoms with van der Waals surface area (Å²) in [7, 11) is 0. The molecule has 1 atom stereocenters. The summed E-state index contributed by atoms with van der Waals surface area (Å²) in [4.78, 5) is 26.3. The lowest BCUT2D eigenvalue weighted by Gasteiger charge is -2.37. The number of amides is 1. The SMILES string of the molecule is Cc1cc(=O)cc(C(=O)N[C@H]2CCCN(C3CCCC3)C2)o1. The number of piperidine rings is 1. The Morgan fingerprint density at radius 1 is 1.23 bits per heavy atom. The van der Waals surface area contributed by atoms with Crippen LogP contribution in [0, 0.1) is 6.92 Å². The number of hydrogen-bond donors (Lipinski definition) is 1. The van der Waals surface area contributed by atoms with Crippen LogP contribution in [0.3, 0.4) is 0 Å². The van der Waals surface area contributed by atoms with E-state index in [0.29, 0.717) is 11.8 Å². The second kappa shape index (κ2) is 6.65. The zero-order chi connectivity index (χ0) is 15.5. The summed E-state index contributed by atoms with van der Waals surface area (Å²) in [6.45, 7) is 3.73. The van der Waals surface area contributed by atoms with Gasteiger partial charge in [0, 0.05) is 30.8 Å². The highest BCUT2D eigenvalue weighted by Crippen LogP contribution is 2.26. The maximum Gasteiger partial charge on any atom is 0.287 e. The molecule has 3 rings (SSSR count). The molecule has 1 amide bonds. The molecule has 5 nitrogen and oxygen atoms in total. The van der Waals surface area contributed by atoms with Gasteiger partial charge in [-0.3, -0.25) is 14.5 Å². The van der Waals surface area contributed by atoms with Crippen LogP contribution in [0.1, 0.15) is 54.8 Å². The van der Waals surface area contributed by atoms with Crippen molar-refractivity contribution in [2.75, 3.05) is 13.1 Å². The van der Waals surface area contributed by atoms with Gasteiger partial charge in [0.25, 0.3) is 5.91 Å². The minimum absolute atomic E-state index is 0.114. The number of rotatable bonds is 3. The summed E-state index contributed by atoms with van der Waals surface area (Å²) in [6.07, 6.45) is 7.32. The molecular formula is C17H24N2O3. The predicted molar refractivity (Wildman–Crippen MR) is 84.0 cm³/mol. The quantitative estimate of drug-likeness (QED) is 0.929. The summed E-state index contributed by atoms with van der Waals surface area (Å²) in [5.74, 6) is 0.302. The Morgan fingerprint density at radius 3 is 2.73 bits per heavy atom. The molecule has 2 heterocycles. The average molecular weight is 304 g/mol. The zero-order valence-corrected chi connectivity index (χ0v) is 13.1. The maximum atomic E-state index is 12.3. The van der Waals surface area contributed by atoms with Gasteiger partial charge in [-0.05, 0) is 39.2 Å². The van der Waals surface area contributed by atoms with Crippen molar-refractivity contribution in [2.24, 2.45) is 0 Å². The summed E-state index contributed by atoms with van der Waals surface area (Å²) in [5, 5.41) is 3.03. The fraction of sp³-hybridized carbons (Fsp3) is 0.647. The first-order chi connectivity index (χ1) is 10.6. The van der Waals surface area contributed by atoms with Crippen molar-refractivity contribution >= 4 is 5.91 Å². The van der Waals surface area contributed by atoms with Crippen molar-refractivity contribution < 1.29 is 9.21 Å². The Labute approximate surface area is 130 Å². The lowest BCUT2D eigenvalue weighted by Crippen LogP contribution is -2.50. The third-order valence-electron chi connectivity index (χ3n) is 4.74. The highest BCUT2D eigenvalue weighted by molar-refractivity contribution is 5.91. The molecule has 1 N–H and O–H groups in total. The second-order valence-corrected chi connectivity index (χ2v) is 6.51. The van der Waals surface area contributed by atoms with Gasteiger partial charge in [0.1, 0.15) is 5.76 Å². The maximum absolute atomic E-state index is 12.3. The van der Waals surface area contributed by atoms with Gasteiger partial charge < -0.3 is 9.73 Å². The first-order valence-corrected chi connectivity index (χ1v) is 8.28. The van der Waals surface area contributed by atoms with Crippen LogP contribution in [-0.2, 0) is 0 Å². The van der Waals surface area contributed by atoms with E-state index in [-0.39, 0.29) is 23.1 Å². The van der Waals surface area contributed by atoms with E-state index in [1.807, 2.05) is 0 Å². The van der Waals surface area contributed by atoms with Crippen LogP contribution < -0.4 is 10.7 Å². The van der Waals surface area contributed by atoms with E-state index in [0.717, 1.165) is 25.9 Å². The van der Waals surface area contributed by atoms with Crippen LogP contribution in [0.2, 0.25) is 0 Å². The van der Waals surface area contributed by atoms with Gasteiger partial charge in [-0.1, -0.05) is 12.8 Å². The number of likely N-dealkylation sites (tertiary alicyclic amines) is 1. The molecule has 2 fully saturated rings. The molecule has 0 radical (unpaired) electrons. The van der Waals surface area contributed by atoms with Gasteiger partial charge in [0.2, 0.25) is 0 Å². The third kappa shape index (κ3) is 3.58. The molecule has 1 saturated carbocycles. The minimum atomic E-state index is -0.279. The molecule has 0 bridgehead atoms. The summed E-state index contributed by atoms with van der Waals surface area (Å²) < 4.78 is 5.36. The smallest absolute Gasteiger partial charge is 0.287 e. The molecule has 0 aromatic carbocycles. The van der Waals surface area contributed by atoms with E-state index < -0.39 is 0 Å². The lowest BCUT2D eigenvalue weighted by molar-refractivity contribution is 0.0844. The standard InChI is InChI=1S/C17H24N2O3/c1-12-9-15(20)10-16(22-12)17(21)18-13-5-4-8-19(11-13)14-6-2-3-7-14/h9-10,13-14H,2-8,11H2,1H3,(H,18,21)/t13-/m0/s1. The van der Waals surface area contributed by atoms with E-state index in [1.54, 1.807) is 6.92 Å². The Balaban J connectivity index is 1.62. The zero-order valence-electron chi connectivity index (χ0n) is 13.1. The molecular weight excluding hydrogens is 280 g/mol. The molecule has 1 aromatic heterocycles. The number of carbonyl (C=O) groups is 1. The number of aryl methyl sites for hydroxylation is 1. The molecule has 0 spiro atoms. The first-order valence-electron chi connectivity index (χ1n) is 8.28. The van der Waals surface area contributed by atoms with Crippen LogP contribution >= 0.6 is 0 Å². The number of carbonyl (C=O) groups excluding carboxylic acids is 1. The molecule has 0 unspecified atom stereocenters. The largest absolute Gasteiger partial charge is 0.456 e. The Bertz CT molecular complexity index is 590. The fourth-order valence-corrected chi connectivity index (χ4v) is 3.70. The monoisotopic (exact) mass is 304 g/mol. The second-order valence-electron chi connectivity index (χ2n) is 6.51. The van der Waals surface area contributed by atoms with Gasteiger partial charge in [0.15, 0.2) is 11.2 Å². The van der Waals surface area contributed by atoms with E-state index in [2.05, 4.69) is 10.2 Å². The van der Waals surface area contributed by atoms with Gasteiger partial charge in [0.05, 0.1) is 0 Å². The van der Waals surface area contributed by atoms with E-state index in [9.17, 15) is 9.59 Å². The van der Waals surface area contributed by atoms with E-state index in [4.69, 9.17) is 4.42 Å². The fourth-order valence-electron chi connectivity index (χ4n) is 3.70. The third-order valence-corrected chi connectivity index (χ3v) is 4.74. The van der Waals surface area contributed by atoms with Crippen molar-refractivity contribution in [3.8, 4) is 0 Å². The van der Waals surface area contributed by atoms with Crippen LogP contribution in [0.15, 0.2) is 21.3 Å². The van der Waals surface area contributed by atoms with E-state index >= 15 is 0 Å². The van der Waals surface area contributed by atoms with Crippen LogP contribution in [0.4, 0.5) is 0 Å². The molecule has 1 aliphatic heterocycles. The van der Waals surface area contributed by atoms with Crippen molar-refractivity contribution in [3.63, 3.8) is 0 Å². The molecule has 2 aliphatic rings. The number of nitrogens with zero attached hydrogens (tertiary/aromatic N) is 1. The topological polar surface area (TPSA) is 62.6 Å². The van der Waals surface area contributed by atoms with Crippen molar-refractivity contribution in [1.29, 1.82) is 0 Å². The highest BCUT2D eigenvalue weighted by Gasteiger charge is 2.28. The van der Waals surface area contributed by atoms with Crippen molar-refractivity contribution in [3.05, 3.63) is 33.9 Å². The average Bonchev–Trinajstić information content (AvgIpc) is 3.00. The van der Waals surface area contributed by atoms with E-state index in [1.165, 1.54) is 37.8 Å². The van der Waals surface area contributed by atoms with Crippen molar-refractivity contribution in [1.82, 2.24) is 10.2 Å². The summed E-state index contributed by atoms with van der Waals surface area (Å²) in [6, 6.07) is 3.49. The Morgan fingerprint density at radius 2 is 2.00 bits per heavy atom. The van der Waals surface area contributed by atoms with Gasteiger partial charge in [-0.2, -0.15) is 0 Å². The molecule has 22 heavy (non-hydrogen) atoms. The molecule has 1 saturated heterocycles. The molecule has 1 aliphatic carbocycles. The minimum Gasteiger partial charge on any atom is -0.456 e. The van der Waals surface area contributed by atoms with Crippen LogP contribution in [0.5, 0.6) is 0 Å². The van der Waals surface area contributed by atoms with Gasteiger partial charge in [-0.25, -0.2) is 0 Å².